The van der Waals surface area contributed by atoms with Gasteiger partial charge in [0.05, 0.1) is 5.69 Å². The van der Waals surface area contributed by atoms with Crippen LogP contribution in [-0.2, 0) is 6.54 Å². The number of aryl methyl sites for hydroxylation is 2. The number of aromatic nitrogens is 2. The van der Waals surface area contributed by atoms with Crippen LogP contribution in [0, 0.1) is 6.92 Å². The molecule has 5 heteroatoms. The summed E-state index contributed by atoms with van der Waals surface area (Å²) in [5.74, 6) is -0.0430. The highest BCUT2D eigenvalue weighted by Crippen LogP contribution is 2.03. The van der Waals surface area contributed by atoms with Crippen molar-refractivity contribution in [3.8, 4) is 0 Å². The van der Waals surface area contributed by atoms with Crippen LogP contribution in [-0.4, -0.2) is 35.8 Å². The lowest BCUT2D eigenvalue weighted by atomic mass is 10.3. The van der Waals surface area contributed by atoms with Crippen molar-refractivity contribution in [1.82, 2.24) is 20.4 Å². The Morgan fingerprint density at radius 3 is 2.88 bits per heavy atom. The number of nitrogens with one attached hydrogen (secondary N) is 2. The van der Waals surface area contributed by atoms with Crippen LogP contribution in [0.2, 0.25) is 0 Å². The Morgan fingerprint density at radius 1 is 1.50 bits per heavy atom. The number of hydrogen-bond donors (Lipinski definition) is 2. The maximum atomic E-state index is 11.8. The molecule has 0 aromatic carbocycles. The van der Waals surface area contributed by atoms with E-state index in [0.29, 0.717) is 18.8 Å². The summed E-state index contributed by atoms with van der Waals surface area (Å²) < 4.78 is 1.72. The van der Waals surface area contributed by atoms with Gasteiger partial charge >= 0.3 is 0 Å². The quantitative estimate of drug-likeness (QED) is 0.694. The molecule has 0 saturated carbocycles. The Hall–Kier alpha value is -1.36. The zero-order valence-corrected chi connectivity index (χ0v) is 10.2. The third kappa shape index (κ3) is 3.34. The van der Waals surface area contributed by atoms with E-state index in [1.54, 1.807) is 4.68 Å². The van der Waals surface area contributed by atoms with Crippen molar-refractivity contribution < 1.29 is 4.79 Å². The van der Waals surface area contributed by atoms with E-state index in [1.165, 1.54) is 0 Å². The van der Waals surface area contributed by atoms with Crippen LogP contribution in [0.25, 0.3) is 0 Å². The van der Waals surface area contributed by atoms with Gasteiger partial charge in [-0.05, 0) is 39.9 Å². The smallest absolute Gasteiger partial charge is 0.269 e. The minimum absolute atomic E-state index is 0.0430. The molecule has 1 aromatic heterocycles. The number of nitrogens with zero attached hydrogens (tertiary/aromatic N) is 2. The molecule has 1 heterocycles. The van der Waals surface area contributed by atoms with Gasteiger partial charge < -0.3 is 10.6 Å². The van der Waals surface area contributed by atoms with Crippen molar-refractivity contribution in [2.24, 2.45) is 0 Å². The van der Waals surface area contributed by atoms with Gasteiger partial charge in [0.2, 0.25) is 0 Å². The average Bonchev–Trinajstić information content (AvgIpc) is 2.65. The molecular formula is C11H20N4O. The minimum atomic E-state index is -0.0430. The Morgan fingerprint density at radius 2 is 2.25 bits per heavy atom. The summed E-state index contributed by atoms with van der Waals surface area (Å²) in [7, 11) is 1.90. The molecule has 1 aromatic rings. The molecular weight excluding hydrogens is 204 g/mol. The second-order valence-electron chi connectivity index (χ2n) is 3.70. The highest BCUT2D eigenvalue weighted by Gasteiger charge is 2.11. The van der Waals surface area contributed by atoms with E-state index in [1.807, 2.05) is 27.0 Å². The van der Waals surface area contributed by atoms with Gasteiger partial charge in [0, 0.05) is 13.1 Å². The van der Waals surface area contributed by atoms with Crippen molar-refractivity contribution in [1.29, 1.82) is 0 Å². The van der Waals surface area contributed by atoms with Crippen molar-refractivity contribution in [2.75, 3.05) is 20.1 Å². The average molecular weight is 224 g/mol. The first-order chi connectivity index (χ1) is 7.69. The summed E-state index contributed by atoms with van der Waals surface area (Å²) in [6.45, 7) is 6.18. The first-order valence-electron chi connectivity index (χ1n) is 5.66. The fraction of sp³-hybridized carbons (Fsp3) is 0.636. The lowest BCUT2D eigenvalue weighted by Gasteiger charge is -2.06. The molecule has 0 atom stereocenters. The monoisotopic (exact) mass is 224 g/mol. The predicted octanol–water partition coefficient (Wildman–Crippen LogP) is 0.551. The van der Waals surface area contributed by atoms with E-state index in [2.05, 4.69) is 15.7 Å². The lowest BCUT2D eigenvalue weighted by Crippen LogP contribution is -2.28. The van der Waals surface area contributed by atoms with Crippen molar-refractivity contribution in [3.05, 3.63) is 17.5 Å². The molecule has 1 amide bonds. The summed E-state index contributed by atoms with van der Waals surface area (Å²) >= 11 is 0. The van der Waals surface area contributed by atoms with Crippen LogP contribution in [0.1, 0.15) is 29.5 Å². The number of hydrogen-bond acceptors (Lipinski definition) is 3. The van der Waals surface area contributed by atoms with Crippen molar-refractivity contribution in [2.45, 2.75) is 26.8 Å². The minimum Gasteiger partial charge on any atom is -0.351 e. The maximum absolute atomic E-state index is 11.8. The number of rotatable bonds is 6. The zero-order valence-electron chi connectivity index (χ0n) is 10.2. The van der Waals surface area contributed by atoms with Crippen LogP contribution >= 0.6 is 0 Å². The highest BCUT2D eigenvalue weighted by atomic mass is 16.2. The fourth-order valence-corrected chi connectivity index (χ4v) is 1.53. The van der Waals surface area contributed by atoms with Crippen LogP contribution in [0.3, 0.4) is 0 Å². The molecule has 2 N–H and O–H groups in total. The molecule has 0 radical (unpaired) electrons. The van der Waals surface area contributed by atoms with Crippen LogP contribution in [0.15, 0.2) is 6.07 Å². The van der Waals surface area contributed by atoms with Gasteiger partial charge in [-0.25, -0.2) is 0 Å². The van der Waals surface area contributed by atoms with Gasteiger partial charge in [0.25, 0.3) is 5.91 Å². The normalized spacial score (nSPS) is 10.4. The topological polar surface area (TPSA) is 59.0 Å². The summed E-state index contributed by atoms with van der Waals surface area (Å²) in [5.41, 5.74) is 1.52. The van der Waals surface area contributed by atoms with Crippen LogP contribution < -0.4 is 10.6 Å². The van der Waals surface area contributed by atoms with E-state index in [9.17, 15) is 4.79 Å². The van der Waals surface area contributed by atoms with Crippen LogP contribution in [0.5, 0.6) is 0 Å². The Kier molecular flexibility index (Phi) is 4.98. The van der Waals surface area contributed by atoms with Crippen LogP contribution in [0.4, 0.5) is 0 Å². The lowest BCUT2D eigenvalue weighted by molar-refractivity contribution is 0.0942. The van der Waals surface area contributed by atoms with Crippen molar-refractivity contribution in [3.63, 3.8) is 0 Å². The Bertz CT molecular complexity index is 346. The van der Waals surface area contributed by atoms with Gasteiger partial charge in [0.1, 0.15) is 5.69 Å². The van der Waals surface area contributed by atoms with Crippen molar-refractivity contribution >= 4 is 5.91 Å². The van der Waals surface area contributed by atoms with Gasteiger partial charge in [-0.2, -0.15) is 5.10 Å². The van der Waals surface area contributed by atoms with E-state index in [-0.39, 0.29) is 5.91 Å². The summed E-state index contributed by atoms with van der Waals surface area (Å²) in [4.78, 5) is 11.8. The van der Waals surface area contributed by atoms with E-state index >= 15 is 0 Å². The second-order valence-corrected chi connectivity index (χ2v) is 3.70. The first-order valence-corrected chi connectivity index (χ1v) is 5.66. The molecule has 0 saturated heterocycles. The summed E-state index contributed by atoms with van der Waals surface area (Å²) in [6.07, 6.45) is 0.932. The molecule has 5 nitrogen and oxygen atoms in total. The van der Waals surface area contributed by atoms with E-state index in [4.69, 9.17) is 0 Å². The molecule has 0 aliphatic heterocycles. The molecule has 1 rings (SSSR count). The molecule has 16 heavy (non-hydrogen) atoms. The third-order valence-corrected chi connectivity index (χ3v) is 2.32. The predicted molar refractivity (Wildman–Crippen MR) is 63.5 cm³/mol. The first kappa shape index (κ1) is 12.7. The maximum Gasteiger partial charge on any atom is 0.269 e. The molecule has 0 spiro atoms. The van der Waals surface area contributed by atoms with Gasteiger partial charge in [0.15, 0.2) is 0 Å². The molecule has 90 valence electrons. The van der Waals surface area contributed by atoms with E-state index < -0.39 is 0 Å². The SMILES string of the molecule is CCn1nc(C)cc1C(=O)NCCCNC. The highest BCUT2D eigenvalue weighted by molar-refractivity contribution is 5.92. The Labute approximate surface area is 96.2 Å². The largest absolute Gasteiger partial charge is 0.351 e. The Balaban J connectivity index is 2.51. The van der Waals surface area contributed by atoms with Gasteiger partial charge in [-0.3, -0.25) is 9.48 Å². The molecule has 0 aliphatic carbocycles. The zero-order chi connectivity index (χ0) is 12.0. The standard InChI is InChI=1S/C11H20N4O/c1-4-15-10(8-9(2)14-15)11(16)13-7-5-6-12-3/h8,12H,4-7H2,1-3H3,(H,13,16). The van der Waals surface area contributed by atoms with Gasteiger partial charge in [-0.1, -0.05) is 0 Å². The number of amides is 1. The third-order valence-electron chi connectivity index (χ3n) is 2.32. The molecule has 0 fully saturated rings. The number of carbonyl (C=O) groups is 1. The molecule has 0 bridgehead atoms. The molecule has 0 aliphatic rings. The molecule has 0 unspecified atom stereocenters. The van der Waals surface area contributed by atoms with Gasteiger partial charge in [-0.15, -0.1) is 0 Å². The summed E-state index contributed by atoms with van der Waals surface area (Å²) in [5, 5.41) is 10.2. The summed E-state index contributed by atoms with van der Waals surface area (Å²) in [6, 6.07) is 1.82. The van der Waals surface area contributed by atoms with E-state index in [0.717, 1.165) is 18.7 Å². The second kappa shape index (κ2) is 6.27. The fourth-order valence-electron chi connectivity index (χ4n) is 1.53. The number of carbonyl (C=O) groups excluding carboxylic acids is 1.